The van der Waals surface area contributed by atoms with Crippen molar-refractivity contribution in [1.29, 1.82) is 0 Å². The summed E-state index contributed by atoms with van der Waals surface area (Å²) in [5.41, 5.74) is 1.05. The molecule has 1 aromatic carbocycles. The normalized spacial score (nSPS) is 10.2. The summed E-state index contributed by atoms with van der Waals surface area (Å²) >= 11 is 0. The Labute approximate surface area is 114 Å². The van der Waals surface area contributed by atoms with Crippen LogP contribution >= 0.6 is 0 Å². The molecule has 0 radical (unpaired) electrons. The van der Waals surface area contributed by atoms with Crippen LogP contribution in [-0.4, -0.2) is 15.7 Å². The molecule has 0 spiro atoms. The van der Waals surface area contributed by atoms with E-state index in [0.717, 1.165) is 6.20 Å². The van der Waals surface area contributed by atoms with Crippen molar-refractivity contribution in [2.24, 2.45) is 0 Å². The number of carbonyl (C=O) groups is 1. The molecule has 2 rings (SSSR count). The molecule has 20 heavy (non-hydrogen) atoms. The second-order valence-electron chi connectivity index (χ2n) is 4.33. The van der Waals surface area contributed by atoms with Crippen molar-refractivity contribution < 1.29 is 14.1 Å². The first-order valence-corrected chi connectivity index (χ1v) is 5.89. The Morgan fingerprint density at radius 2 is 1.80 bits per heavy atom. The fraction of sp³-hybridized carbons (Fsp3) is 0.143. The third-order valence-electron chi connectivity index (χ3n) is 2.71. The topological polar surface area (TPSA) is 73.1 Å². The van der Waals surface area contributed by atoms with E-state index in [1.165, 1.54) is 24.4 Å². The van der Waals surface area contributed by atoms with Gasteiger partial charge in [0.15, 0.2) is 0 Å². The number of hydrogen-bond acceptors (Lipinski definition) is 4. The molecule has 2 aromatic rings. The first kappa shape index (κ1) is 13.8. The molecule has 0 saturated carbocycles. The Balaban J connectivity index is 2.02. The molecule has 1 heterocycles. The minimum atomic E-state index is -0.555. The molecule has 0 aliphatic rings. The highest BCUT2D eigenvalue weighted by molar-refractivity contribution is 5.83. The van der Waals surface area contributed by atoms with Crippen molar-refractivity contribution in [3.8, 4) is 0 Å². The summed E-state index contributed by atoms with van der Waals surface area (Å²) in [6, 6.07) is 6.99. The van der Waals surface area contributed by atoms with Crippen molar-refractivity contribution >= 4 is 11.5 Å². The van der Waals surface area contributed by atoms with Crippen LogP contribution in [0.4, 0.5) is 10.1 Å². The van der Waals surface area contributed by atoms with Crippen molar-refractivity contribution in [2.45, 2.75) is 12.8 Å². The van der Waals surface area contributed by atoms with E-state index in [0.29, 0.717) is 11.1 Å². The summed E-state index contributed by atoms with van der Waals surface area (Å²) in [7, 11) is 0. The molecule has 102 valence electrons. The van der Waals surface area contributed by atoms with Gasteiger partial charge in [-0.3, -0.25) is 19.9 Å². The first-order chi connectivity index (χ1) is 9.54. The molecular weight excluding hydrogens is 263 g/mol. The van der Waals surface area contributed by atoms with E-state index in [1.54, 1.807) is 12.1 Å². The van der Waals surface area contributed by atoms with Crippen LogP contribution in [-0.2, 0) is 17.6 Å². The lowest BCUT2D eigenvalue weighted by molar-refractivity contribution is -0.385. The lowest BCUT2D eigenvalue weighted by Crippen LogP contribution is -2.07. The number of benzene rings is 1. The van der Waals surface area contributed by atoms with E-state index >= 15 is 0 Å². The predicted molar refractivity (Wildman–Crippen MR) is 69.7 cm³/mol. The summed E-state index contributed by atoms with van der Waals surface area (Å²) in [6.45, 7) is 0. The van der Waals surface area contributed by atoms with Gasteiger partial charge in [-0.25, -0.2) is 4.39 Å². The zero-order valence-corrected chi connectivity index (χ0v) is 10.5. The van der Waals surface area contributed by atoms with Crippen LogP contribution in [0.2, 0.25) is 0 Å². The Bertz CT molecular complexity index is 641. The highest BCUT2D eigenvalue weighted by atomic mass is 19.1. The Morgan fingerprint density at radius 1 is 1.15 bits per heavy atom. The van der Waals surface area contributed by atoms with Crippen molar-refractivity contribution in [3.63, 3.8) is 0 Å². The van der Waals surface area contributed by atoms with Crippen LogP contribution < -0.4 is 0 Å². The third-order valence-corrected chi connectivity index (χ3v) is 2.71. The molecule has 0 bridgehead atoms. The molecule has 0 aliphatic carbocycles. The van der Waals surface area contributed by atoms with Crippen LogP contribution in [0.3, 0.4) is 0 Å². The lowest BCUT2D eigenvalue weighted by Gasteiger charge is -2.02. The Morgan fingerprint density at radius 3 is 2.45 bits per heavy atom. The predicted octanol–water partition coefficient (Wildman–Crippen LogP) is 2.48. The molecule has 0 fully saturated rings. The maximum absolute atomic E-state index is 12.7. The Kier molecular flexibility index (Phi) is 4.14. The molecule has 6 heteroatoms. The minimum absolute atomic E-state index is 0.0616. The summed E-state index contributed by atoms with van der Waals surface area (Å²) in [5, 5.41) is 10.6. The van der Waals surface area contributed by atoms with Crippen LogP contribution in [0.5, 0.6) is 0 Å². The van der Waals surface area contributed by atoms with Crippen molar-refractivity contribution in [1.82, 2.24) is 4.98 Å². The lowest BCUT2D eigenvalue weighted by atomic mass is 10.0. The van der Waals surface area contributed by atoms with E-state index in [1.807, 2.05) is 0 Å². The molecule has 1 aromatic heterocycles. The average Bonchev–Trinajstić information content (AvgIpc) is 2.41. The van der Waals surface area contributed by atoms with Gasteiger partial charge in [0, 0.05) is 25.1 Å². The van der Waals surface area contributed by atoms with Gasteiger partial charge in [-0.2, -0.15) is 0 Å². The van der Waals surface area contributed by atoms with Gasteiger partial charge in [0.1, 0.15) is 17.8 Å². The second kappa shape index (κ2) is 6.01. The minimum Gasteiger partial charge on any atom is -0.299 e. The zero-order valence-electron chi connectivity index (χ0n) is 10.5. The van der Waals surface area contributed by atoms with Gasteiger partial charge >= 0.3 is 0 Å². The third kappa shape index (κ3) is 3.68. The van der Waals surface area contributed by atoms with E-state index in [4.69, 9.17) is 0 Å². The molecular formula is C14H11FN2O3. The number of rotatable bonds is 5. The summed E-state index contributed by atoms with van der Waals surface area (Å²) < 4.78 is 12.7. The SMILES string of the molecule is O=C(Cc1ccc(F)cc1)Cc1cncc([N+](=O)[O-])c1. The number of halogens is 1. The molecule has 0 saturated heterocycles. The van der Waals surface area contributed by atoms with Gasteiger partial charge in [-0.1, -0.05) is 12.1 Å². The summed E-state index contributed by atoms with van der Waals surface area (Å²) in [5.74, 6) is -0.469. The van der Waals surface area contributed by atoms with Crippen LogP contribution in [0.1, 0.15) is 11.1 Å². The zero-order chi connectivity index (χ0) is 14.5. The van der Waals surface area contributed by atoms with Crippen LogP contribution in [0.25, 0.3) is 0 Å². The van der Waals surface area contributed by atoms with Gasteiger partial charge < -0.3 is 0 Å². The van der Waals surface area contributed by atoms with Crippen molar-refractivity contribution in [3.05, 3.63) is 69.8 Å². The number of nitro groups is 1. The number of nitrogens with zero attached hydrogens (tertiary/aromatic N) is 2. The molecule has 0 aliphatic heterocycles. The largest absolute Gasteiger partial charge is 0.299 e. The molecule has 0 amide bonds. The molecule has 5 nitrogen and oxygen atoms in total. The Hall–Kier alpha value is -2.63. The maximum Gasteiger partial charge on any atom is 0.287 e. The van der Waals surface area contributed by atoms with E-state index in [2.05, 4.69) is 4.98 Å². The van der Waals surface area contributed by atoms with Crippen LogP contribution in [0.15, 0.2) is 42.7 Å². The second-order valence-corrected chi connectivity index (χ2v) is 4.33. The summed E-state index contributed by atoms with van der Waals surface area (Å²) in [4.78, 5) is 25.6. The fourth-order valence-corrected chi connectivity index (χ4v) is 1.79. The van der Waals surface area contributed by atoms with Gasteiger partial charge in [0.2, 0.25) is 0 Å². The monoisotopic (exact) mass is 274 g/mol. The van der Waals surface area contributed by atoms with E-state index < -0.39 is 4.92 Å². The molecule has 0 unspecified atom stereocenters. The van der Waals surface area contributed by atoms with Gasteiger partial charge in [0.25, 0.3) is 5.69 Å². The first-order valence-electron chi connectivity index (χ1n) is 5.89. The highest BCUT2D eigenvalue weighted by Gasteiger charge is 2.10. The smallest absolute Gasteiger partial charge is 0.287 e. The summed E-state index contributed by atoms with van der Waals surface area (Å²) in [6.07, 6.45) is 2.78. The molecule has 0 atom stereocenters. The van der Waals surface area contributed by atoms with Gasteiger partial charge in [-0.15, -0.1) is 0 Å². The fourth-order valence-electron chi connectivity index (χ4n) is 1.79. The standard InChI is InChI=1S/C14H11FN2O3/c15-12-3-1-10(2-4-12)6-14(18)7-11-5-13(17(19)20)9-16-8-11/h1-5,8-9H,6-7H2. The number of pyridine rings is 1. The number of ketones is 1. The maximum atomic E-state index is 12.7. The number of carbonyl (C=O) groups excluding carboxylic acids is 1. The average molecular weight is 274 g/mol. The van der Waals surface area contributed by atoms with Crippen molar-refractivity contribution in [2.75, 3.05) is 0 Å². The quantitative estimate of drug-likeness (QED) is 0.620. The van der Waals surface area contributed by atoms with Crippen LogP contribution in [0, 0.1) is 15.9 Å². The van der Waals surface area contributed by atoms with E-state index in [9.17, 15) is 19.3 Å². The number of hydrogen-bond donors (Lipinski definition) is 0. The van der Waals surface area contributed by atoms with Gasteiger partial charge in [-0.05, 0) is 23.3 Å². The number of Topliss-reactive ketones (excluding diaryl/α,β-unsaturated/α-hetero) is 1. The highest BCUT2D eigenvalue weighted by Crippen LogP contribution is 2.12. The molecule has 0 N–H and O–H groups in total. The number of aromatic nitrogens is 1. The van der Waals surface area contributed by atoms with Gasteiger partial charge in [0.05, 0.1) is 4.92 Å². The van der Waals surface area contributed by atoms with E-state index in [-0.39, 0.29) is 30.1 Å².